The number of nitrogens with two attached hydrogens (primary N) is 3. The van der Waals surface area contributed by atoms with Crippen molar-refractivity contribution < 1.29 is 0 Å². The molecule has 0 aliphatic rings. The maximum atomic E-state index is 5.91. The lowest BCUT2D eigenvalue weighted by Gasteiger charge is -2.15. The van der Waals surface area contributed by atoms with Crippen molar-refractivity contribution in [3.8, 4) is 5.69 Å². The van der Waals surface area contributed by atoms with Gasteiger partial charge in [0.05, 0.1) is 17.1 Å². The molecule has 0 spiro atoms. The third kappa shape index (κ3) is 2.20. The zero-order chi connectivity index (χ0) is 12.6. The number of hydrogen-bond acceptors (Lipinski definition) is 5. The van der Waals surface area contributed by atoms with Gasteiger partial charge in [-0.05, 0) is 34.1 Å². The Labute approximate surface area is 107 Å². The molecule has 0 unspecified atom stereocenters. The molecule has 17 heavy (non-hydrogen) atoms. The van der Waals surface area contributed by atoms with Crippen LogP contribution in [0.4, 0.5) is 17.2 Å². The fraction of sp³-hybridized carbons (Fsp3) is 0.100. The van der Waals surface area contributed by atoms with Gasteiger partial charge >= 0.3 is 0 Å². The van der Waals surface area contributed by atoms with Crippen LogP contribution in [0.1, 0.15) is 0 Å². The zero-order valence-electron chi connectivity index (χ0n) is 9.26. The fourth-order valence-corrected chi connectivity index (χ4v) is 2.07. The van der Waals surface area contributed by atoms with Gasteiger partial charge in [-0.15, -0.1) is 5.10 Å². The summed E-state index contributed by atoms with van der Waals surface area (Å²) in [5.74, 6) is 6.08. The van der Waals surface area contributed by atoms with Gasteiger partial charge in [-0.1, -0.05) is 0 Å². The Kier molecular flexibility index (Phi) is 2.95. The highest BCUT2D eigenvalue weighted by atomic mass is 79.9. The number of anilines is 3. The minimum absolute atomic E-state index is 0.440. The van der Waals surface area contributed by atoms with Gasteiger partial charge in [-0.2, -0.15) is 0 Å². The van der Waals surface area contributed by atoms with Crippen LogP contribution in [0.25, 0.3) is 5.69 Å². The summed E-state index contributed by atoms with van der Waals surface area (Å²) in [6.45, 7) is 0. The molecular formula is C10H13BrN6. The minimum Gasteiger partial charge on any atom is -0.397 e. The summed E-state index contributed by atoms with van der Waals surface area (Å²) < 4.78 is 2.43. The first-order valence-corrected chi connectivity index (χ1v) is 5.67. The average molecular weight is 297 g/mol. The fourth-order valence-electron chi connectivity index (χ4n) is 1.55. The summed E-state index contributed by atoms with van der Waals surface area (Å²) in [4.78, 5) is 0. The average Bonchev–Trinajstić information content (AvgIpc) is 2.57. The summed E-state index contributed by atoms with van der Waals surface area (Å²) in [7, 11) is 1.73. The Balaban J connectivity index is 2.48. The van der Waals surface area contributed by atoms with Crippen molar-refractivity contribution in [2.75, 3.05) is 23.5 Å². The molecule has 0 aliphatic carbocycles. The minimum atomic E-state index is 0.440. The van der Waals surface area contributed by atoms with Gasteiger partial charge in [-0.25, -0.2) is 10.5 Å². The van der Waals surface area contributed by atoms with E-state index in [2.05, 4.69) is 21.0 Å². The lowest BCUT2D eigenvalue weighted by Crippen LogP contribution is -2.26. The van der Waals surface area contributed by atoms with Gasteiger partial charge in [0, 0.05) is 13.1 Å². The number of nitrogens with zero attached hydrogens (tertiary/aromatic N) is 3. The van der Waals surface area contributed by atoms with E-state index in [0.717, 1.165) is 16.0 Å². The molecule has 0 radical (unpaired) electrons. The molecule has 1 aromatic heterocycles. The van der Waals surface area contributed by atoms with Gasteiger partial charge in [-0.3, -0.25) is 0 Å². The summed E-state index contributed by atoms with van der Waals surface area (Å²) >= 11 is 3.37. The molecule has 1 heterocycles. The maximum absolute atomic E-state index is 5.91. The van der Waals surface area contributed by atoms with E-state index in [1.165, 1.54) is 5.01 Å². The Morgan fingerprint density at radius 3 is 2.47 bits per heavy atom. The Morgan fingerprint density at radius 1 is 1.29 bits per heavy atom. The molecule has 7 heteroatoms. The van der Waals surface area contributed by atoms with Crippen LogP contribution in [0.5, 0.6) is 0 Å². The Morgan fingerprint density at radius 2 is 2.00 bits per heavy atom. The van der Waals surface area contributed by atoms with Crippen LogP contribution in [0.15, 0.2) is 28.9 Å². The van der Waals surface area contributed by atoms with Gasteiger partial charge in [0.2, 0.25) is 0 Å². The third-order valence-corrected chi connectivity index (χ3v) is 2.89. The molecule has 90 valence electrons. The standard InChI is InChI=1S/C10H13BrN6/c1-16(14)8-3-2-6(4-7(8)12)17-9(11)5-10(13)15-17/h2-5H,12,14H2,1H3,(H2,13,15). The first-order valence-electron chi connectivity index (χ1n) is 4.88. The maximum Gasteiger partial charge on any atom is 0.147 e. The first kappa shape index (κ1) is 11.7. The van der Waals surface area contributed by atoms with Crippen molar-refractivity contribution in [1.82, 2.24) is 9.78 Å². The second-order valence-corrected chi connectivity index (χ2v) is 4.47. The van der Waals surface area contributed by atoms with Gasteiger partial charge < -0.3 is 16.5 Å². The number of nitrogen functional groups attached to an aromatic ring is 2. The molecule has 0 atom stereocenters. The van der Waals surface area contributed by atoms with Crippen LogP contribution in [0, 0.1) is 0 Å². The van der Waals surface area contributed by atoms with E-state index >= 15 is 0 Å². The predicted molar refractivity (Wildman–Crippen MR) is 72.7 cm³/mol. The normalized spacial score (nSPS) is 10.5. The number of rotatable bonds is 2. The first-order chi connectivity index (χ1) is 7.99. The molecular weight excluding hydrogens is 284 g/mol. The summed E-state index contributed by atoms with van der Waals surface area (Å²) in [5.41, 5.74) is 13.7. The molecule has 2 rings (SSSR count). The topological polar surface area (TPSA) is 99.1 Å². The van der Waals surface area contributed by atoms with Crippen LogP contribution in [-0.4, -0.2) is 16.8 Å². The van der Waals surface area contributed by atoms with Crippen LogP contribution < -0.4 is 22.3 Å². The zero-order valence-corrected chi connectivity index (χ0v) is 10.8. The molecule has 0 fully saturated rings. The lowest BCUT2D eigenvalue weighted by molar-refractivity contribution is 0.865. The van der Waals surface area contributed by atoms with E-state index in [-0.39, 0.29) is 0 Å². The van der Waals surface area contributed by atoms with E-state index < -0.39 is 0 Å². The highest BCUT2D eigenvalue weighted by Gasteiger charge is 2.08. The Bertz CT molecular complexity index is 548. The monoisotopic (exact) mass is 296 g/mol. The summed E-state index contributed by atoms with van der Waals surface area (Å²) in [6, 6.07) is 7.20. The quantitative estimate of drug-likeness (QED) is 0.438. The van der Waals surface area contributed by atoms with E-state index in [1.54, 1.807) is 23.9 Å². The second kappa shape index (κ2) is 4.27. The molecule has 0 aliphatic heterocycles. The molecule has 1 aromatic carbocycles. The number of aromatic nitrogens is 2. The highest BCUT2D eigenvalue weighted by molar-refractivity contribution is 9.10. The largest absolute Gasteiger partial charge is 0.397 e. The molecule has 6 N–H and O–H groups in total. The van der Waals surface area contributed by atoms with Crippen LogP contribution >= 0.6 is 15.9 Å². The van der Waals surface area contributed by atoms with Gasteiger partial charge in [0.1, 0.15) is 10.4 Å². The van der Waals surface area contributed by atoms with Crippen molar-refractivity contribution in [2.45, 2.75) is 0 Å². The van der Waals surface area contributed by atoms with Crippen LogP contribution in [-0.2, 0) is 0 Å². The van der Waals surface area contributed by atoms with E-state index in [9.17, 15) is 0 Å². The van der Waals surface area contributed by atoms with E-state index in [0.29, 0.717) is 11.5 Å². The van der Waals surface area contributed by atoms with Crippen molar-refractivity contribution in [3.63, 3.8) is 0 Å². The van der Waals surface area contributed by atoms with E-state index in [1.807, 2.05) is 12.1 Å². The van der Waals surface area contributed by atoms with Crippen LogP contribution in [0.3, 0.4) is 0 Å². The highest BCUT2D eigenvalue weighted by Crippen LogP contribution is 2.26. The number of halogens is 1. The molecule has 0 saturated carbocycles. The molecule has 6 nitrogen and oxygen atoms in total. The number of hydrogen-bond donors (Lipinski definition) is 3. The smallest absolute Gasteiger partial charge is 0.147 e. The Hall–Kier alpha value is -1.73. The predicted octanol–water partition coefficient (Wildman–Crippen LogP) is 1.11. The second-order valence-electron chi connectivity index (χ2n) is 3.66. The van der Waals surface area contributed by atoms with E-state index in [4.69, 9.17) is 17.3 Å². The molecule has 0 saturated heterocycles. The van der Waals surface area contributed by atoms with Gasteiger partial charge in [0.15, 0.2) is 0 Å². The number of hydrazine groups is 1. The van der Waals surface area contributed by atoms with Crippen molar-refractivity contribution in [2.24, 2.45) is 5.84 Å². The molecule has 0 bridgehead atoms. The molecule has 0 amide bonds. The van der Waals surface area contributed by atoms with Gasteiger partial charge in [0.25, 0.3) is 0 Å². The van der Waals surface area contributed by atoms with Crippen molar-refractivity contribution in [1.29, 1.82) is 0 Å². The molecule has 2 aromatic rings. The summed E-state index contributed by atoms with van der Waals surface area (Å²) in [5, 5.41) is 5.61. The SMILES string of the molecule is CN(N)c1ccc(-n2nc(N)cc2Br)cc1N. The summed E-state index contributed by atoms with van der Waals surface area (Å²) in [6.07, 6.45) is 0. The third-order valence-electron chi connectivity index (χ3n) is 2.32. The van der Waals surface area contributed by atoms with Crippen molar-refractivity contribution >= 4 is 33.1 Å². The number of benzene rings is 1. The van der Waals surface area contributed by atoms with Crippen LogP contribution in [0.2, 0.25) is 0 Å². The van der Waals surface area contributed by atoms with Crippen molar-refractivity contribution in [3.05, 3.63) is 28.9 Å². The lowest BCUT2D eigenvalue weighted by atomic mass is 10.2.